The highest BCUT2D eigenvalue weighted by atomic mass is 16.3. The summed E-state index contributed by atoms with van der Waals surface area (Å²) in [5.41, 5.74) is 5.48. The summed E-state index contributed by atoms with van der Waals surface area (Å²) in [6, 6.07) is 0.552. The first-order chi connectivity index (χ1) is 8.24. The van der Waals surface area contributed by atoms with Gasteiger partial charge in [-0.05, 0) is 58.7 Å². The molecule has 0 aromatic heterocycles. The summed E-state index contributed by atoms with van der Waals surface area (Å²) in [6.45, 7) is 5.46. The molecule has 0 aromatic rings. The molecule has 0 bridgehead atoms. The van der Waals surface area contributed by atoms with E-state index in [1.807, 2.05) is 0 Å². The standard InChI is InChI=1S/C14H30N2O/c1-13-12-14(17)8-7-11-16(13)10-6-4-2-3-5-9-15/h13-14,17H,2-12,15H2,1H3. The Bertz CT molecular complexity index is 187. The Morgan fingerprint density at radius 1 is 1.18 bits per heavy atom. The van der Waals surface area contributed by atoms with Crippen molar-refractivity contribution in [1.82, 2.24) is 4.90 Å². The molecule has 2 unspecified atom stereocenters. The zero-order valence-electron chi connectivity index (χ0n) is 11.4. The van der Waals surface area contributed by atoms with Crippen molar-refractivity contribution < 1.29 is 5.11 Å². The molecule has 1 fully saturated rings. The minimum Gasteiger partial charge on any atom is -0.393 e. The number of nitrogens with zero attached hydrogens (tertiary/aromatic N) is 1. The van der Waals surface area contributed by atoms with Gasteiger partial charge in [-0.1, -0.05) is 19.3 Å². The first-order valence-electron chi connectivity index (χ1n) is 7.36. The first-order valence-corrected chi connectivity index (χ1v) is 7.36. The van der Waals surface area contributed by atoms with Crippen molar-refractivity contribution in [1.29, 1.82) is 0 Å². The molecule has 0 amide bonds. The topological polar surface area (TPSA) is 49.5 Å². The van der Waals surface area contributed by atoms with Crippen LogP contribution in [0.15, 0.2) is 0 Å². The maximum atomic E-state index is 9.71. The first kappa shape index (κ1) is 14.9. The summed E-state index contributed by atoms with van der Waals surface area (Å²) in [4.78, 5) is 2.55. The fourth-order valence-corrected chi connectivity index (χ4v) is 2.73. The quantitative estimate of drug-likeness (QED) is 0.672. The molecular weight excluding hydrogens is 212 g/mol. The number of aliphatic hydroxyl groups is 1. The molecule has 1 rings (SSSR count). The molecular formula is C14H30N2O. The maximum Gasteiger partial charge on any atom is 0.0555 e. The third-order valence-electron chi connectivity index (χ3n) is 3.87. The highest BCUT2D eigenvalue weighted by Crippen LogP contribution is 2.17. The average Bonchev–Trinajstić information content (AvgIpc) is 2.45. The molecule has 0 radical (unpaired) electrons. The summed E-state index contributed by atoms with van der Waals surface area (Å²) in [6.07, 6.45) is 9.42. The third-order valence-corrected chi connectivity index (χ3v) is 3.87. The number of nitrogens with two attached hydrogens (primary N) is 1. The van der Waals surface area contributed by atoms with Crippen LogP contribution < -0.4 is 5.73 Å². The van der Waals surface area contributed by atoms with Crippen LogP contribution in [-0.4, -0.2) is 41.8 Å². The van der Waals surface area contributed by atoms with Crippen molar-refractivity contribution in [2.24, 2.45) is 5.73 Å². The van der Waals surface area contributed by atoms with Crippen LogP contribution in [0.1, 0.15) is 58.3 Å². The van der Waals surface area contributed by atoms with Crippen LogP contribution in [0.25, 0.3) is 0 Å². The number of aliphatic hydroxyl groups excluding tert-OH is 1. The molecule has 102 valence electrons. The zero-order chi connectivity index (χ0) is 12.5. The summed E-state index contributed by atoms with van der Waals surface area (Å²) in [5, 5.41) is 9.71. The lowest BCUT2D eigenvalue weighted by molar-refractivity contribution is 0.131. The molecule has 0 aromatic carbocycles. The van der Waals surface area contributed by atoms with Crippen molar-refractivity contribution in [3.05, 3.63) is 0 Å². The predicted molar refractivity (Wildman–Crippen MR) is 73.0 cm³/mol. The second kappa shape index (κ2) is 8.90. The highest BCUT2D eigenvalue weighted by Gasteiger charge is 2.20. The SMILES string of the molecule is CC1CC(O)CCCN1CCCCCCCN. The second-order valence-electron chi connectivity index (χ2n) is 5.47. The third kappa shape index (κ3) is 6.39. The van der Waals surface area contributed by atoms with Gasteiger partial charge in [-0.25, -0.2) is 0 Å². The largest absolute Gasteiger partial charge is 0.393 e. The molecule has 3 N–H and O–H groups in total. The lowest BCUT2D eigenvalue weighted by atomic mass is 10.1. The van der Waals surface area contributed by atoms with E-state index in [2.05, 4.69) is 11.8 Å². The van der Waals surface area contributed by atoms with Gasteiger partial charge in [0.05, 0.1) is 6.10 Å². The molecule has 1 aliphatic rings. The van der Waals surface area contributed by atoms with Crippen LogP contribution >= 0.6 is 0 Å². The van der Waals surface area contributed by atoms with Gasteiger partial charge in [-0.2, -0.15) is 0 Å². The normalized spacial score (nSPS) is 27.0. The second-order valence-corrected chi connectivity index (χ2v) is 5.47. The van der Waals surface area contributed by atoms with Gasteiger partial charge in [0.25, 0.3) is 0 Å². The van der Waals surface area contributed by atoms with Crippen LogP contribution in [-0.2, 0) is 0 Å². The number of hydrogen-bond donors (Lipinski definition) is 2. The summed E-state index contributed by atoms with van der Waals surface area (Å²) in [5.74, 6) is 0. The Kier molecular flexibility index (Phi) is 7.82. The van der Waals surface area contributed by atoms with E-state index in [0.717, 1.165) is 25.8 Å². The zero-order valence-corrected chi connectivity index (χ0v) is 11.4. The molecule has 0 spiro atoms. The average molecular weight is 242 g/mol. The van der Waals surface area contributed by atoms with E-state index >= 15 is 0 Å². The van der Waals surface area contributed by atoms with E-state index in [1.54, 1.807) is 0 Å². The molecule has 0 saturated carbocycles. The summed E-state index contributed by atoms with van der Waals surface area (Å²) < 4.78 is 0. The van der Waals surface area contributed by atoms with E-state index in [0.29, 0.717) is 6.04 Å². The number of rotatable bonds is 7. The minimum absolute atomic E-state index is 0.0699. The Morgan fingerprint density at radius 2 is 1.88 bits per heavy atom. The van der Waals surface area contributed by atoms with Gasteiger partial charge < -0.3 is 15.7 Å². The fourth-order valence-electron chi connectivity index (χ4n) is 2.73. The molecule has 0 aliphatic carbocycles. The molecule has 17 heavy (non-hydrogen) atoms. The number of hydrogen-bond acceptors (Lipinski definition) is 3. The van der Waals surface area contributed by atoms with Crippen LogP contribution in [0.5, 0.6) is 0 Å². The molecule has 1 saturated heterocycles. The van der Waals surface area contributed by atoms with Crippen LogP contribution in [0.4, 0.5) is 0 Å². The Morgan fingerprint density at radius 3 is 2.65 bits per heavy atom. The van der Waals surface area contributed by atoms with Crippen molar-refractivity contribution in [3.8, 4) is 0 Å². The van der Waals surface area contributed by atoms with Crippen LogP contribution in [0, 0.1) is 0 Å². The smallest absolute Gasteiger partial charge is 0.0555 e. The van der Waals surface area contributed by atoms with E-state index in [-0.39, 0.29) is 6.10 Å². The Hall–Kier alpha value is -0.120. The Labute approximate surface area is 106 Å². The molecule has 1 aliphatic heterocycles. The molecule has 3 nitrogen and oxygen atoms in total. The van der Waals surface area contributed by atoms with Crippen LogP contribution in [0.2, 0.25) is 0 Å². The number of unbranched alkanes of at least 4 members (excludes halogenated alkanes) is 4. The summed E-state index contributed by atoms with van der Waals surface area (Å²) in [7, 11) is 0. The van der Waals surface area contributed by atoms with Gasteiger partial charge in [0, 0.05) is 6.04 Å². The molecule has 2 atom stereocenters. The van der Waals surface area contributed by atoms with Gasteiger partial charge in [0.15, 0.2) is 0 Å². The summed E-state index contributed by atoms with van der Waals surface area (Å²) >= 11 is 0. The van der Waals surface area contributed by atoms with E-state index in [1.165, 1.54) is 45.2 Å². The van der Waals surface area contributed by atoms with Gasteiger partial charge in [0.2, 0.25) is 0 Å². The molecule has 1 heterocycles. The maximum absolute atomic E-state index is 9.71. The fraction of sp³-hybridized carbons (Fsp3) is 1.00. The predicted octanol–water partition coefficient (Wildman–Crippen LogP) is 2.13. The van der Waals surface area contributed by atoms with E-state index in [9.17, 15) is 5.11 Å². The lowest BCUT2D eigenvalue weighted by Crippen LogP contribution is -2.34. The highest BCUT2D eigenvalue weighted by molar-refractivity contribution is 4.75. The monoisotopic (exact) mass is 242 g/mol. The Balaban J connectivity index is 2.08. The lowest BCUT2D eigenvalue weighted by Gasteiger charge is -2.27. The van der Waals surface area contributed by atoms with E-state index < -0.39 is 0 Å². The molecule has 3 heteroatoms. The van der Waals surface area contributed by atoms with Gasteiger partial charge in [-0.3, -0.25) is 0 Å². The van der Waals surface area contributed by atoms with Crippen molar-refractivity contribution in [3.63, 3.8) is 0 Å². The van der Waals surface area contributed by atoms with Crippen molar-refractivity contribution in [2.45, 2.75) is 70.4 Å². The van der Waals surface area contributed by atoms with E-state index in [4.69, 9.17) is 5.73 Å². The van der Waals surface area contributed by atoms with Crippen molar-refractivity contribution in [2.75, 3.05) is 19.6 Å². The number of likely N-dealkylation sites (tertiary alicyclic amines) is 1. The minimum atomic E-state index is -0.0699. The van der Waals surface area contributed by atoms with Gasteiger partial charge >= 0.3 is 0 Å². The van der Waals surface area contributed by atoms with Gasteiger partial charge in [0.1, 0.15) is 0 Å². The van der Waals surface area contributed by atoms with Gasteiger partial charge in [-0.15, -0.1) is 0 Å². The van der Waals surface area contributed by atoms with Crippen LogP contribution in [0.3, 0.4) is 0 Å². The van der Waals surface area contributed by atoms with Crippen molar-refractivity contribution >= 4 is 0 Å².